The summed E-state index contributed by atoms with van der Waals surface area (Å²) in [6.45, 7) is 0. The second-order valence-electron chi connectivity index (χ2n) is 3.22. The molecule has 1 heterocycles. The van der Waals surface area contributed by atoms with Gasteiger partial charge in [0.1, 0.15) is 0 Å². The highest BCUT2D eigenvalue weighted by atomic mass is 35.5. The molecule has 0 saturated heterocycles. The molecule has 100 valence electrons. The number of carboxylic acids is 1. The molecular weight excluding hydrogens is 279 g/mol. The topological polar surface area (TPSA) is 79.4 Å². The van der Waals surface area contributed by atoms with Crippen LogP contribution in [0.2, 0.25) is 0 Å². The number of nitrogens with one attached hydrogen (secondary N) is 1. The molecule has 0 radical (unpaired) electrons. The predicted molar refractivity (Wildman–Crippen MR) is 54.6 cm³/mol. The summed E-state index contributed by atoms with van der Waals surface area (Å²) in [5.41, 5.74) is -1.17. The van der Waals surface area contributed by atoms with E-state index in [9.17, 15) is 22.8 Å². The summed E-state index contributed by atoms with van der Waals surface area (Å²) in [5, 5.41) is 8.56. The summed E-state index contributed by atoms with van der Waals surface area (Å²) in [5.74, 6) is -2.48. The van der Waals surface area contributed by atoms with Gasteiger partial charge >= 0.3 is 12.3 Å². The van der Waals surface area contributed by atoms with Gasteiger partial charge in [-0.25, -0.2) is 0 Å². The van der Waals surface area contributed by atoms with Gasteiger partial charge in [-0.1, -0.05) is 0 Å². The normalized spacial score (nSPS) is 11.3. The molecule has 1 aromatic rings. The summed E-state index contributed by atoms with van der Waals surface area (Å²) in [6.07, 6.45) is -5.56. The van der Waals surface area contributed by atoms with Crippen molar-refractivity contribution in [2.45, 2.75) is 18.7 Å². The summed E-state index contributed by atoms with van der Waals surface area (Å²) in [6, 6.07) is 0.775. The van der Waals surface area contributed by atoms with E-state index in [1.165, 1.54) is 0 Å². The van der Waals surface area contributed by atoms with Crippen LogP contribution >= 0.6 is 11.6 Å². The number of ether oxygens (including phenoxy) is 1. The van der Waals surface area contributed by atoms with E-state index in [2.05, 4.69) is 4.74 Å². The smallest absolute Gasteiger partial charge is 0.481 e. The largest absolute Gasteiger partial charge is 0.573 e. The number of hydrogen-bond donors (Lipinski definition) is 2. The molecule has 1 rings (SSSR count). The number of pyridine rings is 1. The molecule has 0 aliphatic heterocycles. The van der Waals surface area contributed by atoms with Crippen molar-refractivity contribution in [1.29, 1.82) is 0 Å². The van der Waals surface area contributed by atoms with Crippen LogP contribution in [0.3, 0.4) is 0 Å². The molecule has 1 aromatic heterocycles. The summed E-state index contributed by atoms with van der Waals surface area (Å²) >= 11 is 5.46. The van der Waals surface area contributed by atoms with Crippen LogP contribution in [-0.4, -0.2) is 22.4 Å². The second-order valence-corrected chi connectivity index (χ2v) is 3.49. The van der Waals surface area contributed by atoms with Crippen LogP contribution in [0.5, 0.6) is 5.75 Å². The summed E-state index contributed by atoms with van der Waals surface area (Å²) in [7, 11) is 0. The Kier molecular flexibility index (Phi) is 4.23. The van der Waals surface area contributed by atoms with E-state index in [1.807, 2.05) is 4.98 Å². The maximum Gasteiger partial charge on any atom is 0.573 e. The van der Waals surface area contributed by atoms with Crippen molar-refractivity contribution < 1.29 is 27.8 Å². The standard InChI is InChI=1S/C9H7ClF3NO4/c10-3-4-1-6(18-9(11,12)13)8(17)14-5(4)2-7(15)16/h1H,2-3H2,(H,14,17)(H,15,16). The van der Waals surface area contributed by atoms with E-state index in [1.54, 1.807) is 0 Å². The minimum atomic E-state index is -5.01. The molecule has 0 bridgehead atoms. The fourth-order valence-electron chi connectivity index (χ4n) is 1.22. The monoisotopic (exact) mass is 285 g/mol. The molecule has 9 heteroatoms. The number of aliphatic carboxylic acids is 1. The Morgan fingerprint density at radius 2 is 2.11 bits per heavy atom. The van der Waals surface area contributed by atoms with Gasteiger partial charge in [0.05, 0.1) is 6.42 Å². The highest BCUT2D eigenvalue weighted by molar-refractivity contribution is 6.17. The number of H-pyrrole nitrogens is 1. The number of aromatic amines is 1. The van der Waals surface area contributed by atoms with E-state index in [-0.39, 0.29) is 17.1 Å². The second kappa shape index (κ2) is 5.30. The molecule has 0 aliphatic rings. The van der Waals surface area contributed by atoms with Gasteiger partial charge in [0.15, 0.2) is 5.75 Å². The maximum absolute atomic E-state index is 12.0. The van der Waals surface area contributed by atoms with E-state index >= 15 is 0 Å². The van der Waals surface area contributed by atoms with Crippen molar-refractivity contribution in [1.82, 2.24) is 4.98 Å². The highest BCUT2D eigenvalue weighted by Gasteiger charge is 2.32. The van der Waals surface area contributed by atoms with Crippen molar-refractivity contribution in [3.05, 3.63) is 27.7 Å². The molecule has 0 amide bonds. The molecule has 18 heavy (non-hydrogen) atoms. The number of rotatable bonds is 4. The zero-order valence-corrected chi connectivity index (χ0v) is 9.43. The van der Waals surface area contributed by atoms with Crippen molar-refractivity contribution in [3.63, 3.8) is 0 Å². The Labute approximate surface area is 103 Å². The molecule has 0 spiro atoms. The Balaban J connectivity index is 3.18. The third-order valence-corrected chi connectivity index (χ3v) is 2.17. The van der Waals surface area contributed by atoms with Gasteiger partial charge in [-0.05, 0) is 11.6 Å². The molecule has 5 nitrogen and oxygen atoms in total. The van der Waals surface area contributed by atoms with Crippen LogP contribution in [-0.2, 0) is 17.1 Å². The number of carboxylic acid groups (broad SMARTS) is 1. The van der Waals surface area contributed by atoms with Gasteiger partial charge in [-0.2, -0.15) is 0 Å². The lowest BCUT2D eigenvalue weighted by atomic mass is 10.1. The first-order valence-electron chi connectivity index (χ1n) is 4.51. The lowest BCUT2D eigenvalue weighted by molar-refractivity contribution is -0.275. The van der Waals surface area contributed by atoms with E-state index in [0.29, 0.717) is 0 Å². The van der Waals surface area contributed by atoms with Crippen LogP contribution in [0.25, 0.3) is 0 Å². The average molecular weight is 286 g/mol. The van der Waals surface area contributed by atoms with E-state index in [4.69, 9.17) is 16.7 Å². The average Bonchev–Trinajstić information content (AvgIpc) is 2.19. The first kappa shape index (κ1) is 14.4. The first-order chi connectivity index (χ1) is 8.23. The summed E-state index contributed by atoms with van der Waals surface area (Å²) in [4.78, 5) is 23.7. The molecule has 0 aliphatic carbocycles. The lowest BCUT2D eigenvalue weighted by Crippen LogP contribution is -2.24. The van der Waals surface area contributed by atoms with E-state index in [0.717, 1.165) is 6.07 Å². The summed E-state index contributed by atoms with van der Waals surface area (Å²) < 4.78 is 39.4. The van der Waals surface area contributed by atoms with Crippen molar-refractivity contribution >= 4 is 17.6 Å². The molecule has 0 fully saturated rings. The van der Waals surface area contributed by atoms with Crippen LogP contribution in [0.15, 0.2) is 10.9 Å². The van der Waals surface area contributed by atoms with E-state index < -0.39 is 30.1 Å². The Morgan fingerprint density at radius 1 is 1.50 bits per heavy atom. The zero-order valence-electron chi connectivity index (χ0n) is 8.68. The quantitative estimate of drug-likeness (QED) is 0.824. The van der Waals surface area contributed by atoms with Crippen molar-refractivity contribution in [2.24, 2.45) is 0 Å². The maximum atomic E-state index is 12.0. The molecule has 2 N–H and O–H groups in total. The van der Waals surface area contributed by atoms with Gasteiger partial charge in [0.2, 0.25) is 0 Å². The van der Waals surface area contributed by atoms with Crippen molar-refractivity contribution in [2.75, 3.05) is 0 Å². The molecule has 0 unspecified atom stereocenters. The third-order valence-electron chi connectivity index (χ3n) is 1.88. The highest BCUT2D eigenvalue weighted by Crippen LogP contribution is 2.21. The molecular formula is C9H7ClF3NO4. The zero-order chi connectivity index (χ0) is 13.9. The first-order valence-corrected chi connectivity index (χ1v) is 5.05. The number of alkyl halides is 4. The van der Waals surface area contributed by atoms with Crippen LogP contribution < -0.4 is 10.3 Å². The van der Waals surface area contributed by atoms with Crippen molar-refractivity contribution in [3.8, 4) is 5.75 Å². The molecule has 0 saturated carbocycles. The van der Waals surface area contributed by atoms with Gasteiger partial charge in [-0.3, -0.25) is 9.59 Å². The minimum absolute atomic E-state index is 0.0536. The van der Waals surface area contributed by atoms with Crippen LogP contribution in [0.4, 0.5) is 13.2 Å². The van der Waals surface area contributed by atoms with Gasteiger partial charge in [0.25, 0.3) is 5.56 Å². The lowest BCUT2D eigenvalue weighted by Gasteiger charge is -2.11. The van der Waals surface area contributed by atoms with Crippen LogP contribution in [0.1, 0.15) is 11.3 Å². The molecule has 0 aromatic carbocycles. The number of aromatic nitrogens is 1. The van der Waals surface area contributed by atoms with Gasteiger partial charge in [-0.15, -0.1) is 24.8 Å². The van der Waals surface area contributed by atoms with Gasteiger partial charge < -0.3 is 14.8 Å². The molecule has 0 atom stereocenters. The number of halogens is 4. The number of hydrogen-bond acceptors (Lipinski definition) is 3. The minimum Gasteiger partial charge on any atom is -0.481 e. The Hall–Kier alpha value is -1.70. The SMILES string of the molecule is O=C(O)Cc1[nH]c(=O)c(OC(F)(F)F)cc1CCl. The Bertz CT molecular complexity index is 512. The third kappa shape index (κ3) is 3.95. The fraction of sp³-hybridized carbons (Fsp3) is 0.333. The predicted octanol–water partition coefficient (Wildman–Crippen LogP) is 1.64. The van der Waals surface area contributed by atoms with Gasteiger partial charge in [0, 0.05) is 11.6 Å². The Morgan fingerprint density at radius 3 is 2.56 bits per heavy atom. The van der Waals surface area contributed by atoms with Crippen LogP contribution in [0, 0.1) is 0 Å². The fourth-order valence-corrected chi connectivity index (χ4v) is 1.46. The number of carbonyl (C=O) groups is 1.